The molecule has 0 spiro atoms. The van der Waals surface area contributed by atoms with Gasteiger partial charge in [0.25, 0.3) is 5.91 Å². The topological polar surface area (TPSA) is 76.3 Å². The Balaban J connectivity index is 1.83. The summed E-state index contributed by atoms with van der Waals surface area (Å²) in [4.78, 5) is 36.6. The van der Waals surface area contributed by atoms with Crippen molar-refractivity contribution in [1.29, 1.82) is 0 Å². The number of anilines is 1. The quantitative estimate of drug-likeness (QED) is 0.499. The van der Waals surface area contributed by atoms with Crippen LogP contribution in [0.15, 0.2) is 70.1 Å². The summed E-state index contributed by atoms with van der Waals surface area (Å²) >= 11 is 6.09. The molecule has 0 radical (unpaired) electrons. The van der Waals surface area contributed by atoms with E-state index in [1.54, 1.807) is 36.7 Å². The van der Waals surface area contributed by atoms with E-state index >= 15 is 0 Å². The van der Waals surface area contributed by atoms with Crippen molar-refractivity contribution in [3.8, 4) is 0 Å². The maximum atomic E-state index is 13.4. The third-order valence-electron chi connectivity index (χ3n) is 4.99. The Hall–Kier alpha value is -3.51. The summed E-state index contributed by atoms with van der Waals surface area (Å²) < 4.78 is 5.87. The fourth-order valence-electron chi connectivity index (χ4n) is 3.63. The van der Waals surface area contributed by atoms with Gasteiger partial charge in [-0.3, -0.25) is 14.5 Å². The summed E-state index contributed by atoms with van der Waals surface area (Å²) in [5.41, 5.74) is 2.12. The van der Waals surface area contributed by atoms with Gasteiger partial charge in [0.1, 0.15) is 5.58 Å². The van der Waals surface area contributed by atoms with Crippen LogP contribution in [0.3, 0.4) is 0 Å². The van der Waals surface area contributed by atoms with Crippen molar-refractivity contribution < 1.29 is 9.21 Å². The Labute approximate surface area is 170 Å². The Morgan fingerprint density at radius 3 is 2.48 bits per heavy atom. The first-order valence-electron chi connectivity index (χ1n) is 8.98. The molecule has 29 heavy (non-hydrogen) atoms. The lowest BCUT2D eigenvalue weighted by Gasteiger charge is -2.23. The first-order chi connectivity index (χ1) is 14.0. The van der Waals surface area contributed by atoms with Crippen LogP contribution in [0.4, 0.5) is 5.95 Å². The van der Waals surface area contributed by atoms with Crippen LogP contribution in [-0.4, -0.2) is 15.9 Å². The van der Waals surface area contributed by atoms with E-state index < -0.39 is 11.9 Å². The molecule has 1 atom stereocenters. The molecule has 0 N–H and O–H groups in total. The molecule has 0 aliphatic carbocycles. The van der Waals surface area contributed by atoms with Crippen LogP contribution in [-0.2, 0) is 0 Å². The first-order valence-corrected chi connectivity index (χ1v) is 9.36. The molecule has 0 saturated carbocycles. The number of benzene rings is 2. The average molecular weight is 404 g/mol. The molecule has 5 rings (SSSR count). The highest BCUT2D eigenvalue weighted by atomic mass is 35.5. The molecule has 1 unspecified atom stereocenters. The molecule has 0 saturated heterocycles. The molecule has 3 heterocycles. The van der Waals surface area contributed by atoms with E-state index in [2.05, 4.69) is 9.97 Å². The number of halogens is 1. The number of aryl methyl sites for hydroxylation is 1. The minimum atomic E-state index is -0.694. The number of carbonyl (C=O) groups is 1. The van der Waals surface area contributed by atoms with Crippen molar-refractivity contribution >= 4 is 34.4 Å². The predicted octanol–water partition coefficient (Wildman–Crippen LogP) is 4.29. The molecule has 1 amide bonds. The number of carbonyl (C=O) groups excluding carboxylic acids is 1. The predicted molar refractivity (Wildman–Crippen MR) is 109 cm³/mol. The molecule has 2 aromatic heterocycles. The lowest BCUT2D eigenvalue weighted by atomic mass is 9.98. The average Bonchev–Trinajstić information content (AvgIpc) is 3.03. The van der Waals surface area contributed by atoms with Gasteiger partial charge in [-0.15, -0.1) is 0 Å². The van der Waals surface area contributed by atoms with Crippen LogP contribution < -0.4 is 10.3 Å². The summed E-state index contributed by atoms with van der Waals surface area (Å²) in [5.74, 6) is -0.246. The third-order valence-corrected chi connectivity index (χ3v) is 5.23. The molecule has 0 bridgehead atoms. The highest BCUT2D eigenvalue weighted by molar-refractivity contribution is 6.31. The van der Waals surface area contributed by atoms with Crippen LogP contribution in [0.1, 0.15) is 33.3 Å². The van der Waals surface area contributed by atoms with Crippen LogP contribution in [0, 0.1) is 6.92 Å². The highest BCUT2D eigenvalue weighted by Crippen LogP contribution is 2.40. The van der Waals surface area contributed by atoms with E-state index in [1.165, 1.54) is 4.90 Å². The van der Waals surface area contributed by atoms with Gasteiger partial charge in [0.05, 0.1) is 17.0 Å². The number of amides is 1. The van der Waals surface area contributed by atoms with Gasteiger partial charge in [0.15, 0.2) is 5.43 Å². The third kappa shape index (κ3) is 2.72. The summed E-state index contributed by atoms with van der Waals surface area (Å²) in [6.45, 7) is 1.97. The van der Waals surface area contributed by atoms with Crippen LogP contribution in [0.5, 0.6) is 0 Å². The largest absolute Gasteiger partial charge is 0.450 e. The number of aromatic nitrogens is 2. The van der Waals surface area contributed by atoms with Gasteiger partial charge in [-0.05, 0) is 36.8 Å². The SMILES string of the molecule is Cc1ccc(C2c3c(oc4ccc(Cl)cc4c3=O)C(=O)N2c2ncccn2)cc1. The number of rotatable bonds is 2. The van der Waals surface area contributed by atoms with E-state index in [-0.39, 0.29) is 22.7 Å². The lowest BCUT2D eigenvalue weighted by molar-refractivity contribution is 0.0969. The lowest BCUT2D eigenvalue weighted by Crippen LogP contribution is -2.31. The molecule has 0 fully saturated rings. The molecule has 1 aliphatic rings. The van der Waals surface area contributed by atoms with E-state index in [0.29, 0.717) is 16.0 Å². The minimum absolute atomic E-state index is 0.00264. The zero-order chi connectivity index (χ0) is 20.1. The fraction of sp³-hybridized carbons (Fsp3) is 0.0909. The van der Waals surface area contributed by atoms with E-state index in [9.17, 15) is 9.59 Å². The second-order valence-electron chi connectivity index (χ2n) is 6.85. The second kappa shape index (κ2) is 6.53. The summed E-state index contributed by atoms with van der Waals surface area (Å²) in [5, 5.41) is 0.751. The Morgan fingerprint density at radius 1 is 1.03 bits per heavy atom. The zero-order valence-electron chi connectivity index (χ0n) is 15.3. The van der Waals surface area contributed by atoms with Crippen molar-refractivity contribution in [3.05, 3.63) is 98.6 Å². The van der Waals surface area contributed by atoms with Gasteiger partial charge in [-0.1, -0.05) is 41.4 Å². The van der Waals surface area contributed by atoms with Crippen LogP contribution >= 0.6 is 11.6 Å². The summed E-state index contributed by atoms with van der Waals surface area (Å²) in [6.07, 6.45) is 3.10. The van der Waals surface area contributed by atoms with Gasteiger partial charge < -0.3 is 4.42 Å². The molecular formula is C22H14ClN3O3. The van der Waals surface area contributed by atoms with Crippen molar-refractivity contribution in [3.63, 3.8) is 0 Å². The van der Waals surface area contributed by atoms with Crippen molar-refractivity contribution in [2.75, 3.05) is 4.90 Å². The number of nitrogens with zero attached hydrogens (tertiary/aromatic N) is 3. The second-order valence-corrected chi connectivity index (χ2v) is 7.29. The molecule has 4 aromatic rings. The minimum Gasteiger partial charge on any atom is -0.450 e. The fourth-order valence-corrected chi connectivity index (χ4v) is 3.80. The maximum absolute atomic E-state index is 13.4. The highest BCUT2D eigenvalue weighted by Gasteiger charge is 2.44. The first kappa shape index (κ1) is 17.6. The van der Waals surface area contributed by atoms with Crippen molar-refractivity contribution in [2.24, 2.45) is 0 Å². The zero-order valence-corrected chi connectivity index (χ0v) is 16.1. The summed E-state index contributed by atoms with van der Waals surface area (Å²) in [7, 11) is 0. The van der Waals surface area contributed by atoms with E-state index in [1.807, 2.05) is 31.2 Å². The molecule has 6 nitrogen and oxygen atoms in total. The maximum Gasteiger partial charge on any atom is 0.297 e. The Kier molecular flexibility index (Phi) is 3.96. The monoisotopic (exact) mass is 403 g/mol. The summed E-state index contributed by atoms with van der Waals surface area (Å²) in [6, 6.07) is 13.4. The smallest absolute Gasteiger partial charge is 0.297 e. The Morgan fingerprint density at radius 2 is 1.76 bits per heavy atom. The van der Waals surface area contributed by atoms with Gasteiger partial charge in [0, 0.05) is 17.4 Å². The normalized spacial score (nSPS) is 15.7. The molecular weight excluding hydrogens is 390 g/mol. The number of hydrogen-bond donors (Lipinski definition) is 0. The number of hydrogen-bond acceptors (Lipinski definition) is 5. The van der Waals surface area contributed by atoms with Crippen molar-refractivity contribution in [1.82, 2.24) is 9.97 Å². The van der Waals surface area contributed by atoms with E-state index in [0.717, 1.165) is 11.1 Å². The Bertz CT molecular complexity index is 1320. The molecule has 7 heteroatoms. The van der Waals surface area contributed by atoms with Crippen LogP contribution in [0.2, 0.25) is 5.02 Å². The standard InChI is InChI=1S/C22H14ClN3O3/c1-12-3-5-13(6-4-12)18-17-19(27)15-11-14(23)7-8-16(15)29-20(17)21(28)26(18)22-24-9-2-10-25-22/h2-11,18H,1H3. The van der Waals surface area contributed by atoms with Gasteiger partial charge in [-0.2, -0.15) is 0 Å². The van der Waals surface area contributed by atoms with Crippen molar-refractivity contribution in [2.45, 2.75) is 13.0 Å². The van der Waals surface area contributed by atoms with Gasteiger partial charge >= 0.3 is 0 Å². The van der Waals surface area contributed by atoms with E-state index in [4.69, 9.17) is 16.0 Å². The molecule has 2 aromatic carbocycles. The van der Waals surface area contributed by atoms with Gasteiger partial charge in [0.2, 0.25) is 11.7 Å². The molecule has 1 aliphatic heterocycles. The van der Waals surface area contributed by atoms with Gasteiger partial charge in [-0.25, -0.2) is 9.97 Å². The van der Waals surface area contributed by atoms with Crippen LogP contribution in [0.25, 0.3) is 11.0 Å². The molecule has 142 valence electrons. The number of fused-ring (bicyclic) bond motifs is 2.